The van der Waals surface area contributed by atoms with Crippen LogP contribution in [0.5, 0.6) is 0 Å². The molecule has 8 bridgehead atoms. The summed E-state index contributed by atoms with van der Waals surface area (Å²) >= 11 is 0. The first-order chi connectivity index (χ1) is 21.2. The van der Waals surface area contributed by atoms with Crippen LogP contribution in [0, 0.1) is 47.3 Å². The Kier molecular flexibility index (Phi) is 9.22. The average molecular weight is 617 g/mol. The summed E-state index contributed by atoms with van der Waals surface area (Å²) < 4.78 is 0. The summed E-state index contributed by atoms with van der Waals surface area (Å²) in [4.78, 5) is 14.5. The number of hydrogen-bond donors (Lipinski definition) is 10. The predicted octanol–water partition coefficient (Wildman–Crippen LogP) is 0.575. The predicted molar refractivity (Wildman–Crippen MR) is 170 cm³/mol. The molecule has 9 fully saturated rings. The van der Waals surface area contributed by atoms with Gasteiger partial charge in [0.25, 0.3) is 10.0 Å². The molecular weight excluding hydrogens is 556 g/mol. The normalized spacial score (nSPS) is 54.0. The standard InChI is InChI=1S/C32H56N8.H4O2Si/c1-2-10-18-17(9-1)25-33-26(18)38-28-21-13-5-6-14-22(21)30(35-28)40-32-24-16-8-7-15-23(24)31(36-32)39-29-20-12-4-3-11-19(20)27(34-29)37-25;1-3-2/h17-40H,1-16H2;1-2H,3H2. The van der Waals surface area contributed by atoms with Crippen molar-refractivity contribution in [1.29, 1.82) is 0 Å². The molecule has 5 heterocycles. The lowest BCUT2D eigenvalue weighted by molar-refractivity contribution is 0.167. The maximum Gasteiger partial charge on any atom is 0.299 e. The van der Waals surface area contributed by atoms with Gasteiger partial charge in [0.05, 0.1) is 49.3 Å². The van der Waals surface area contributed by atoms with E-state index in [1.165, 1.54) is 103 Å². The van der Waals surface area contributed by atoms with Gasteiger partial charge in [-0.3, -0.25) is 42.5 Å². The lowest BCUT2D eigenvalue weighted by Crippen LogP contribution is -2.61. The SMILES string of the molecule is C1CCC2C3NC(NC4NC(NC5NC(NC6NC(N3)C3CCCCC63)C3CCCCC53)C3CCCCC43)C2C1.O[SiH2]O. The summed E-state index contributed by atoms with van der Waals surface area (Å²) in [6.45, 7) is 0. The molecule has 9 rings (SSSR count). The first-order valence-electron chi connectivity index (χ1n) is 18.5. The molecule has 0 spiro atoms. The van der Waals surface area contributed by atoms with Crippen LogP contribution in [-0.2, 0) is 0 Å². The third-order valence-electron chi connectivity index (χ3n) is 13.8. The van der Waals surface area contributed by atoms with Gasteiger partial charge in [-0.15, -0.1) is 0 Å². The molecule has 9 aliphatic rings. The van der Waals surface area contributed by atoms with Crippen molar-refractivity contribution < 1.29 is 9.59 Å². The quantitative estimate of drug-likeness (QED) is 0.176. The fourth-order valence-corrected chi connectivity index (χ4v) is 12.0. The molecule has 4 saturated carbocycles. The van der Waals surface area contributed by atoms with Crippen LogP contribution in [0.15, 0.2) is 0 Å². The molecule has 0 aromatic rings. The van der Waals surface area contributed by atoms with E-state index in [0.29, 0.717) is 49.3 Å². The van der Waals surface area contributed by atoms with E-state index in [1.54, 1.807) is 0 Å². The minimum Gasteiger partial charge on any atom is -0.415 e. The van der Waals surface area contributed by atoms with Crippen LogP contribution in [-0.4, -0.2) is 68.9 Å². The molecule has 10 N–H and O–H groups in total. The summed E-state index contributed by atoms with van der Waals surface area (Å²) in [5.41, 5.74) is 0. The molecule has 11 heteroatoms. The minimum atomic E-state index is -1.58. The van der Waals surface area contributed by atoms with E-state index >= 15 is 0 Å². The Morgan fingerprint density at radius 1 is 0.279 bits per heavy atom. The summed E-state index contributed by atoms with van der Waals surface area (Å²) in [6.07, 6.45) is 25.6. The molecule has 5 aliphatic heterocycles. The lowest BCUT2D eigenvalue weighted by Gasteiger charge is -2.35. The fraction of sp³-hybridized carbons (Fsp3) is 1.00. The van der Waals surface area contributed by atoms with E-state index in [2.05, 4.69) is 42.5 Å². The van der Waals surface area contributed by atoms with E-state index in [9.17, 15) is 0 Å². The molecule has 0 radical (unpaired) electrons. The Balaban J connectivity index is 0.000000892. The van der Waals surface area contributed by atoms with Crippen molar-refractivity contribution in [1.82, 2.24) is 42.5 Å². The van der Waals surface area contributed by atoms with Crippen LogP contribution in [0.3, 0.4) is 0 Å². The fourth-order valence-electron chi connectivity index (χ4n) is 12.0. The second kappa shape index (κ2) is 13.1. The number of rotatable bonds is 0. The van der Waals surface area contributed by atoms with E-state index in [0.717, 1.165) is 47.3 Å². The van der Waals surface area contributed by atoms with Gasteiger partial charge in [-0.2, -0.15) is 0 Å². The number of fused-ring (bicyclic) bond motifs is 20. The van der Waals surface area contributed by atoms with Gasteiger partial charge in [0, 0.05) is 0 Å². The van der Waals surface area contributed by atoms with Crippen LogP contribution in [0.25, 0.3) is 0 Å². The van der Waals surface area contributed by atoms with Gasteiger partial charge in [-0.1, -0.05) is 51.4 Å². The highest BCUT2D eigenvalue weighted by molar-refractivity contribution is 6.13. The van der Waals surface area contributed by atoms with E-state index in [4.69, 9.17) is 9.59 Å². The Hall–Kier alpha value is -0.183. The second-order valence-electron chi connectivity index (χ2n) is 15.7. The molecule has 43 heavy (non-hydrogen) atoms. The molecule has 8 unspecified atom stereocenters. The van der Waals surface area contributed by atoms with Gasteiger partial charge in [0.2, 0.25) is 0 Å². The van der Waals surface area contributed by atoms with Gasteiger partial charge < -0.3 is 9.59 Å². The maximum atomic E-state index is 7.26. The van der Waals surface area contributed by atoms with Gasteiger partial charge in [-0.25, -0.2) is 0 Å². The van der Waals surface area contributed by atoms with Crippen molar-refractivity contribution in [3.05, 3.63) is 0 Å². The number of hydrogen-bond acceptors (Lipinski definition) is 10. The zero-order chi connectivity index (χ0) is 28.9. The monoisotopic (exact) mass is 616 g/mol. The molecule has 5 saturated heterocycles. The van der Waals surface area contributed by atoms with E-state index < -0.39 is 10.0 Å². The summed E-state index contributed by atoms with van der Waals surface area (Å²) in [5, 5.41) is 33.8. The van der Waals surface area contributed by atoms with E-state index in [1.807, 2.05) is 0 Å². The summed E-state index contributed by atoms with van der Waals surface area (Å²) in [6, 6.07) is 0. The third-order valence-corrected chi connectivity index (χ3v) is 13.8. The van der Waals surface area contributed by atoms with Crippen LogP contribution in [0.4, 0.5) is 0 Å². The highest BCUT2D eigenvalue weighted by atomic mass is 28.2. The Bertz CT molecular complexity index is 743. The van der Waals surface area contributed by atoms with Gasteiger partial charge in [0.1, 0.15) is 0 Å². The molecule has 244 valence electrons. The first-order valence-corrected chi connectivity index (χ1v) is 19.8. The smallest absolute Gasteiger partial charge is 0.299 e. The Morgan fingerprint density at radius 3 is 0.512 bits per heavy atom. The molecule has 8 atom stereocenters. The van der Waals surface area contributed by atoms with Gasteiger partial charge in [-0.05, 0) is 98.7 Å². The maximum absolute atomic E-state index is 7.26. The van der Waals surface area contributed by atoms with Crippen molar-refractivity contribution in [2.24, 2.45) is 47.3 Å². The average Bonchev–Trinajstić information content (AvgIpc) is 3.77. The molecule has 0 aromatic carbocycles. The number of nitrogens with one attached hydrogen (secondary N) is 8. The molecule has 4 aliphatic carbocycles. The van der Waals surface area contributed by atoms with Crippen molar-refractivity contribution in [2.75, 3.05) is 0 Å². The van der Waals surface area contributed by atoms with Crippen molar-refractivity contribution in [2.45, 2.75) is 152 Å². The molecule has 0 aromatic heterocycles. The summed E-state index contributed by atoms with van der Waals surface area (Å²) in [5.74, 6) is 5.97. The zero-order valence-corrected chi connectivity index (χ0v) is 27.6. The highest BCUT2D eigenvalue weighted by Gasteiger charge is 2.54. The Labute approximate surface area is 261 Å². The minimum absolute atomic E-state index is 0.420. The lowest BCUT2D eigenvalue weighted by atomic mass is 9.76. The van der Waals surface area contributed by atoms with Crippen LogP contribution < -0.4 is 42.5 Å². The van der Waals surface area contributed by atoms with E-state index in [-0.39, 0.29) is 0 Å². The molecule has 0 amide bonds. The third kappa shape index (κ3) is 5.70. The largest absolute Gasteiger partial charge is 0.415 e. The van der Waals surface area contributed by atoms with Gasteiger partial charge >= 0.3 is 0 Å². The summed E-state index contributed by atoms with van der Waals surface area (Å²) in [7, 11) is -1.58. The van der Waals surface area contributed by atoms with Crippen LogP contribution in [0.1, 0.15) is 103 Å². The zero-order valence-electron chi connectivity index (χ0n) is 26.2. The molecular formula is C32H60N8O2Si. The first kappa shape index (κ1) is 30.2. The van der Waals surface area contributed by atoms with Gasteiger partial charge in [0.15, 0.2) is 0 Å². The Morgan fingerprint density at radius 2 is 0.395 bits per heavy atom. The van der Waals surface area contributed by atoms with Crippen molar-refractivity contribution in [3.63, 3.8) is 0 Å². The second-order valence-corrected chi connectivity index (χ2v) is 16.0. The van der Waals surface area contributed by atoms with Crippen molar-refractivity contribution in [3.8, 4) is 0 Å². The topological polar surface area (TPSA) is 137 Å². The van der Waals surface area contributed by atoms with Crippen LogP contribution >= 0.6 is 0 Å². The highest BCUT2D eigenvalue weighted by Crippen LogP contribution is 2.45. The molecule has 10 nitrogen and oxygen atoms in total. The van der Waals surface area contributed by atoms with Crippen LogP contribution in [0.2, 0.25) is 0 Å². The van der Waals surface area contributed by atoms with Crippen molar-refractivity contribution >= 4 is 10.0 Å².